The maximum Gasteiger partial charge on any atom is 0.167 e. The molecule has 0 atom stereocenters. The molecule has 0 fully saturated rings. The van der Waals surface area contributed by atoms with Crippen LogP contribution in [0.2, 0.25) is 0 Å². The zero-order valence-electron chi connectivity index (χ0n) is 28.1. The summed E-state index contributed by atoms with van der Waals surface area (Å²) < 4.78 is 12.6. The van der Waals surface area contributed by atoms with Gasteiger partial charge in [0.2, 0.25) is 0 Å². The van der Waals surface area contributed by atoms with Crippen molar-refractivity contribution in [3.63, 3.8) is 0 Å². The highest BCUT2D eigenvalue weighted by Gasteiger charge is 2.21. The summed E-state index contributed by atoms with van der Waals surface area (Å²) in [6.45, 7) is 16.5. The summed E-state index contributed by atoms with van der Waals surface area (Å²) in [7, 11) is 0. The van der Waals surface area contributed by atoms with Crippen molar-refractivity contribution >= 4 is 5.57 Å². The van der Waals surface area contributed by atoms with E-state index in [0.717, 1.165) is 65.0 Å². The molecule has 5 heteroatoms. The largest absolute Gasteiger partial charge is 0.493 e. The van der Waals surface area contributed by atoms with Crippen molar-refractivity contribution in [1.29, 1.82) is 0 Å². The second kappa shape index (κ2) is 16.4. The van der Waals surface area contributed by atoms with Crippen LogP contribution in [0.1, 0.15) is 109 Å². The zero-order chi connectivity index (χ0) is 31.5. The molecular weight excluding hydrogens is 542 g/mol. The fraction of sp³-hybridized carbons (Fsp3) is 0.462. The Kier molecular flexibility index (Phi) is 12.3. The Morgan fingerprint density at radius 3 is 2.07 bits per heavy atom. The SMILES string of the molecule is CCCCCCCCOc1ccc(-c2nc(C3=C(C)CC=C(C)C=C3C)nc(-c3ccc(C)cc3C)n2)c(OCCCC)c1. The van der Waals surface area contributed by atoms with Crippen LogP contribution < -0.4 is 9.47 Å². The Hall–Kier alpha value is -3.73. The van der Waals surface area contributed by atoms with Gasteiger partial charge >= 0.3 is 0 Å². The molecule has 1 heterocycles. The quantitative estimate of drug-likeness (QED) is 0.164. The van der Waals surface area contributed by atoms with Gasteiger partial charge < -0.3 is 9.47 Å². The molecule has 1 aliphatic rings. The second-order valence-corrected chi connectivity index (χ2v) is 12.2. The number of unbranched alkanes of at least 4 members (excludes halogenated alkanes) is 6. The van der Waals surface area contributed by atoms with Gasteiger partial charge in [0.1, 0.15) is 11.5 Å². The topological polar surface area (TPSA) is 57.1 Å². The van der Waals surface area contributed by atoms with E-state index in [1.807, 2.05) is 18.2 Å². The van der Waals surface area contributed by atoms with Crippen LogP contribution in [0.5, 0.6) is 11.5 Å². The van der Waals surface area contributed by atoms with Crippen LogP contribution in [-0.4, -0.2) is 28.2 Å². The predicted octanol–water partition coefficient (Wildman–Crippen LogP) is 10.8. The number of aryl methyl sites for hydroxylation is 2. The van der Waals surface area contributed by atoms with Crippen LogP contribution in [0.4, 0.5) is 0 Å². The lowest BCUT2D eigenvalue weighted by atomic mass is 9.99. The van der Waals surface area contributed by atoms with Crippen molar-refractivity contribution < 1.29 is 9.47 Å². The van der Waals surface area contributed by atoms with E-state index in [1.54, 1.807) is 0 Å². The highest BCUT2D eigenvalue weighted by Crippen LogP contribution is 2.36. The minimum atomic E-state index is 0.612. The van der Waals surface area contributed by atoms with Crippen LogP contribution in [-0.2, 0) is 0 Å². The molecule has 2 aromatic carbocycles. The molecule has 3 aromatic rings. The number of ether oxygens (including phenoxy) is 2. The highest BCUT2D eigenvalue weighted by molar-refractivity contribution is 5.81. The molecule has 0 saturated heterocycles. The van der Waals surface area contributed by atoms with E-state index in [-0.39, 0.29) is 0 Å². The smallest absolute Gasteiger partial charge is 0.167 e. The molecule has 0 amide bonds. The Bertz CT molecular complexity index is 1520. The van der Waals surface area contributed by atoms with E-state index in [9.17, 15) is 0 Å². The van der Waals surface area contributed by atoms with E-state index < -0.39 is 0 Å². The molecule has 0 N–H and O–H groups in total. The van der Waals surface area contributed by atoms with Crippen molar-refractivity contribution in [2.75, 3.05) is 13.2 Å². The van der Waals surface area contributed by atoms with Gasteiger partial charge in [0.05, 0.1) is 18.8 Å². The lowest BCUT2D eigenvalue weighted by Crippen LogP contribution is -2.07. The highest BCUT2D eigenvalue weighted by atomic mass is 16.5. The van der Waals surface area contributed by atoms with Crippen molar-refractivity contribution in [3.05, 3.63) is 82.2 Å². The van der Waals surface area contributed by atoms with Gasteiger partial charge in [0.25, 0.3) is 0 Å². The first-order chi connectivity index (χ1) is 21.3. The Morgan fingerprint density at radius 1 is 0.659 bits per heavy atom. The van der Waals surface area contributed by atoms with Gasteiger partial charge in [-0.05, 0) is 77.2 Å². The number of hydrogen-bond acceptors (Lipinski definition) is 5. The second-order valence-electron chi connectivity index (χ2n) is 12.2. The molecule has 0 unspecified atom stereocenters. The third-order valence-electron chi connectivity index (χ3n) is 8.19. The third-order valence-corrected chi connectivity index (χ3v) is 8.19. The van der Waals surface area contributed by atoms with Gasteiger partial charge in [0, 0.05) is 17.2 Å². The first kappa shape index (κ1) is 33.2. The molecule has 5 nitrogen and oxygen atoms in total. The summed E-state index contributed by atoms with van der Waals surface area (Å²) in [4.78, 5) is 15.3. The summed E-state index contributed by atoms with van der Waals surface area (Å²) in [6.07, 6.45) is 14.8. The van der Waals surface area contributed by atoms with E-state index in [2.05, 4.69) is 78.8 Å². The van der Waals surface area contributed by atoms with Crippen LogP contribution in [0.15, 0.2) is 65.3 Å². The fourth-order valence-electron chi connectivity index (χ4n) is 5.68. The van der Waals surface area contributed by atoms with Crippen LogP contribution in [0.25, 0.3) is 28.3 Å². The molecule has 234 valence electrons. The lowest BCUT2D eigenvalue weighted by molar-refractivity contribution is 0.292. The van der Waals surface area contributed by atoms with Crippen LogP contribution in [0, 0.1) is 13.8 Å². The Balaban J connectivity index is 1.76. The monoisotopic (exact) mass is 593 g/mol. The van der Waals surface area contributed by atoms with Crippen molar-refractivity contribution in [1.82, 2.24) is 15.0 Å². The molecular formula is C39H51N3O2. The normalized spacial score (nSPS) is 13.4. The summed E-state index contributed by atoms with van der Waals surface area (Å²) in [5.41, 5.74) is 8.96. The zero-order valence-corrected chi connectivity index (χ0v) is 28.1. The van der Waals surface area contributed by atoms with Gasteiger partial charge in [-0.3, -0.25) is 0 Å². The first-order valence-electron chi connectivity index (χ1n) is 16.6. The Morgan fingerprint density at radius 2 is 1.32 bits per heavy atom. The number of nitrogens with zero attached hydrogens (tertiary/aromatic N) is 3. The lowest BCUT2D eigenvalue weighted by Gasteiger charge is -2.16. The van der Waals surface area contributed by atoms with Crippen molar-refractivity contribution in [2.45, 2.75) is 106 Å². The van der Waals surface area contributed by atoms with Gasteiger partial charge in [0.15, 0.2) is 17.5 Å². The third kappa shape index (κ3) is 8.90. The molecule has 0 spiro atoms. The van der Waals surface area contributed by atoms with Gasteiger partial charge in [-0.2, -0.15) is 0 Å². The van der Waals surface area contributed by atoms with Gasteiger partial charge in [-0.1, -0.05) is 99.4 Å². The number of allylic oxidation sites excluding steroid dienone is 6. The minimum Gasteiger partial charge on any atom is -0.493 e. The number of hydrogen-bond donors (Lipinski definition) is 0. The van der Waals surface area contributed by atoms with Crippen LogP contribution >= 0.6 is 0 Å². The molecule has 0 saturated carbocycles. The number of benzene rings is 2. The van der Waals surface area contributed by atoms with Crippen molar-refractivity contribution in [3.8, 4) is 34.3 Å². The summed E-state index contributed by atoms with van der Waals surface area (Å²) in [6, 6.07) is 12.5. The first-order valence-corrected chi connectivity index (χ1v) is 16.6. The molecule has 0 bridgehead atoms. The van der Waals surface area contributed by atoms with Gasteiger partial charge in [-0.25, -0.2) is 15.0 Å². The Labute approximate surface area is 265 Å². The summed E-state index contributed by atoms with van der Waals surface area (Å²) in [5.74, 6) is 3.55. The van der Waals surface area contributed by atoms with Crippen LogP contribution in [0.3, 0.4) is 0 Å². The molecule has 44 heavy (non-hydrogen) atoms. The van der Waals surface area contributed by atoms with Crippen molar-refractivity contribution in [2.24, 2.45) is 0 Å². The molecule has 0 radical (unpaired) electrons. The molecule has 1 aliphatic carbocycles. The predicted molar refractivity (Wildman–Crippen MR) is 184 cm³/mol. The van der Waals surface area contributed by atoms with E-state index in [4.69, 9.17) is 24.4 Å². The summed E-state index contributed by atoms with van der Waals surface area (Å²) >= 11 is 0. The van der Waals surface area contributed by atoms with E-state index in [0.29, 0.717) is 30.7 Å². The van der Waals surface area contributed by atoms with Gasteiger partial charge in [-0.15, -0.1) is 0 Å². The molecule has 1 aromatic heterocycles. The fourth-order valence-corrected chi connectivity index (χ4v) is 5.68. The summed E-state index contributed by atoms with van der Waals surface area (Å²) in [5, 5.41) is 0. The van der Waals surface area contributed by atoms with E-state index >= 15 is 0 Å². The number of aromatic nitrogens is 3. The number of rotatable bonds is 15. The maximum atomic E-state index is 6.38. The average Bonchev–Trinajstić information content (AvgIpc) is 3.12. The average molecular weight is 594 g/mol. The standard InChI is InChI=1S/C39H51N3O2/c1-8-10-12-13-14-15-23-43-32-19-21-34(35(26-32)44-22-11-9-2)38-40-37(33-20-17-28(4)24-30(33)6)41-39(42-38)36-29(5)18-16-27(3)25-31(36)7/h16-17,19-21,24-26H,8-15,18,22-23H2,1-7H3. The van der Waals surface area contributed by atoms with E-state index in [1.165, 1.54) is 48.8 Å². The maximum absolute atomic E-state index is 6.38. The minimum absolute atomic E-state index is 0.612. The molecule has 0 aliphatic heterocycles. The molecule has 4 rings (SSSR count).